The van der Waals surface area contributed by atoms with Crippen LogP contribution in [0.1, 0.15) is 69.9 Å². The van der Waals surface area contributed by atoms with E-state index in [1.165, 1.54) is 67.0 Å². The van der Waals surface area contributed by atoms with E-state index in [0.717, 1.165) is 12.8 Å². The van der Waals surface area contributed by atoms with E-state index in [9.17, 15) is 0 Å². The van der Waals surface area contributed by atoms with Crippen LogP contribution >= 0.6 is 0 Å². The minimum atomic E-state index is -1.88. The number of rotatable bonds is 14. The van der Waals surface area contributed by atoms with Crippen LogP contribution in [0.15, 0.2) is 47.3 Å². The number of unbranched alkanes of at least 4 members (excludes halogenated alkanes) is 4. The van der Waals surface area contributed by atoms with Gasteiger partial charge in [-0.05, 0) is 48.4 Å². The van der Waals surface area contributed by atoms with Gasteiger partial charge in [0.1, 0.15) is 20.4 Å². The zero-order valence-corrected chi connectivity index (χ0v) is 24.1. The molecule has 1 aromatic carbocycles. The number of ether oxygens (including phenoxy) is 1. The predicted molar refractivity (Wildman–Crippen MR) is 150 cm³/mol. The largest absolute Gasteiger partial charge is 0.489 e. The van der Waals surface area contributed by atoms with E-state index >= 15 is 0 Å². The van der Waals surface area contributed by atoms with Gasteiger partial charge in [0.15, 0.2) is 0 Å². The SMILES string of the molecule is C=CCOc1c(CCCCC)cc(CCCCC)cc1[Si](C)(C)C1=C([Si](C)(C)C)C=CC1. The molecule has 0 unspecified atom stereocenters. The molecule has 0 saturated heterocycles. The Morgan fingerprint density at radius 3 is 2.19 bits per heavy atom. The molecule has 0 spiro atoms. The molecule has 0 amide bonds. The molecule has 3 heteroatoms. The second-order valence-electron chi connectivity index (χ2n) is 11.0. The zero-order valence-electron chi connectivity index (χ0n) is 22.1. The van der Waals surface area contributed by atoms with Gasteiger partial charge in [0.2, 0.25) is 0 Å². The second kappa shape index (κ2) is 12.2. The van der Waals surface area contributed by atoms with E-state index in [2.05, 4.69) is 77.4 Å². The quantitative estimate of drug-likeness (QED) is 0.151. The summed E-state index contributed by atoms with van der Waals surface area (Å²) in [5, 5.41) is 4.95. The first-order valence-electron chi connectivity index (χ1n) is 13.0. The minimum absolute atomic E-state index is 0.589. The Bertz CT molecular complexity index is 824. The van der Waals surface area contributed by atoms with Gasteiger partial charge in [-0.25, -0.2) is 0 Å². The number of aryl methyl sites for hydroxylation is 2. The number of hydrogen-bond donors (Lipinski definition) is 0. The van der Waals surface area contributed by atoms with Gasteiger partial charge in [0.05, 0.1) is 8.07 Å². The monoisotopic (exact) mass is 468 g/mol. The molecule has 178 valence electrons. The van der Waals surface area contributed by atoms with Crippen molar-refractivity contribution < 1.29 is 4.74 Å². The molecule has 1 nitrogen and oxygen atoms in total. The van der Waals surface area contributed by atoms with Gasteiger partial charge in [-0.3, -0.25) is 0 Å². The molecule has 1 aliphatic carbocycles. The molecule has 0 saturated carbocycles. The first-order valence-corrected chi connectivity index (χ1v) is 19.5. The Morgan fingerprint density at radius 1 is 0.938 bits per heavy atom. The lowest BCUT2D eigenvalue weighted by Gasteiger charge is -2.33. The molecule has 2 rings (SSSR count). The molecule has 0 heterocycles. The topological polar surface area (TPSA) is 9.23 Å². The standard InChI is InChI=1S/C29H48OSi2/c1-9-12-14-17-24-22-25(18-15-13-10-2)29(30-21-11-3)28(23-24)32(7,8)27-20-16-19-26(27)31(4,5)6/h11,16,19,22-23H,3,9-10,12-15,17-18,20-21H2,1-2,4-8H3. The Hall–Kier alpha value is -1.33. The third-order valence-corrected chi connectivity index (χ3v) is 12.9. The molecule has 0 bridgehead atoms. The lowest BCUT2D eigenvalue weighted by molar-refractivity contribution is 0.361. The highest BCUT2D eigenvalue weighted by atomic mass is 28.3. The average molecular weight is 469 g/mol. The molecule has 0 aliphatic heterocycles. The van der Waals surface area contributed by atoms with Crippen molar-refractivity contribution in [2.24, 2.45) is 0 Å². The zero-order chi connectivity index (χ0) is 23.8. The lowest BCUT2D eigenvalue weighted by atomic mass is 10.00. The normalized spacial score (nSPS) is 14.3. The fraction of sp³-hybridized carbons (Fsp3) is 0.586. The average Bonchev–Trinajstić information content (AvgIpc) is 3.24. The molecule has 0 aromatic heterocycles. The summed E-state index contributed by atoms with van der Waals surface area (Å²) in [5.74, 6) is 1.19. The van der Waals surface area contributed by atoms with E-state index in [1.54, 1.807) is 10.4 Å². The third-order valence-electron chi connectivity index (χ3n) is 6.86. The Labute approximate surface area is 201 Å². The molecule has 32 heavy (non-hydrogen) atoms. The van der Waals surface area contributed by atoms with Crippen LogP contribution in [0.25, 0.3) is 0 Å². The van der Waals surface area contributed by atoms with E-state index < -0.39 is 16.1 Å². The van der Waals surface area contributed by atoms with Gasteiger partial charge in [-0.1, -0.05) is 120 Å². The molecule has 0 fully saturated rings. The van der Waals surface area contributed by atoms with Crippen LogP contribution in [-0.2, 0) is 12.8 Å². The fourth-order valence-corrected chi connectivity index (χ4v) is 11.7. The van der Waals surface area contributed by atoms with Crippen molar-refractivity contribution in [3.05, 3.63) is 58.5 Å². The van der Waals surface area contributed by atoms with Gasteiger partial charge in [0.25, 0.3) is 0 Å². The maximum absolute atomic E-state index is 6.48. The maximum Gasteiger partial charge on any atom is 0.122 e. The van der Waals surface area contributed by atoms with E-state index in [1.807, 2.05) is 6.08 Å². The van der Waals surface area contributed by atoms with Gasteiger partial charge >= 0.3 is 0 Å². The van der Waals surface area contributed by atoms with Gasteiger partial charge in [-0.2, -0.15) is 0 Å². The highest BCUT2D eigenvalue weighted by Gasteiger charge is 2.37. The Kier molecular flexibility index (Phi) is 10.3. The molecular weight excluding hydrogens is 420 g/mol. The van der Waals surface area contributed by atoms with Gasteiger partial charge in [0, 0.05) is 0 Å². The molecule has 0 atom stereocenters. The number of benzene rings is 1. The van der Waals surface area contributed by atoms with Crippen LogP contribution < -0.4 is 9.92 Å². The highest BCUT2D eigenvalue weighted by molar-refractivity contribution is 6.98. The van der Waals surface area contributed by atoms with Crippen LogP contribution in [0, 0.1) is 0 Å². The molecular formula is C29H48OSi2. The van der Waals surface area contributed by atoms with Crippen molar-refractivity contribution in [2.45, 2.75) is 104 Å². The smallest absolute Gasteiger partial charge is 0.122 e. The lowest BCUT2D eigenvalue weighted by Crippen LogP contribution is -2.47. The highest BCUT2D eigenvalue weighted by Crippen LogP contribution is 2.36. The van der Waals surface area contributed by atoms with Crippen LogP contribution in [0.4, 0.5) is 0 Å². The van der Waals surface area contributed by atoms with Crippen molar-refractivity contribution in [3.8, 4) is 5.75 Å². The molecule has 0 radical (unpaired) electrons. The Balaban J connectivity index is 2.63. The summed E-state index contributed by atoms with van der Waals surface area (Å²) in [7, 11) is -3.26. The van der Waals surface area contributed by atoms with Crippen molar-refractivity contribution >= 4 is 21.3 Å². The van der Waals surface area contributed by atoms with Crippen molar-refractivity contribution in [2.75, 3.05) is 6.61 Å². The fourth-order valence-electron chi connectivity index (χ4n) is 4.97. The summed E-state index contributed by atoms with van der Waals surface area (Å²) in [6, 6.07) is 5.01. The van der Waals surface area contributed by atoms with Gasteiger partial charge < -0.3 is 4.74 Å². The summed E-state index contributed by atoms with van der Waals surface area (Å²) in [4.78, 5) is 0. The number of hydrogen-bond acceptors (Lipinski definition) is 1. The predicted octanol–water partition coefficient (Wildman–Crippen LogP) is 8.31. The summed E-state index contributed by atoms with van der Waals surface area (Å²) in [5.41, 5.74) is 2.96. The van der Waals surface area contributed by atoms with E-state index in [4.69, 9.17) is 4.74 Å². The second-order valence-corrected chi connectivity index (χ2v) is 20.5. The van der Waals surface area contributed by atoms with Crippen LogP contribution in [-0.4, -0.2) is 22.8 Å². The molecule has 1 aromatic rings. The van der Waals surface area contributed by atoms with Crippen LogP contribution in [0.5, 0.6) is 5.75 Å². The van der Waals surface area contributed by atoms with Gasteiger partial charge in [-0.15, -0.1) is 0 Å². The third kappa shape index (κ3) is 6.84. The van der Waals surface area contributed by atoms with E-state index in [0.29, 0.717) is 6.61 Å². The maximum atomic E-state index is 6.48. The summed E-state index contributed by atoms with van der Waals surface area (Å²) >= 11 is 0. The summed E-state index contributed by atoms with van der Waals surface area (Å²) < 4.78 is 6.48. The van der Waals surface area contributed by atoms with Crippen molar-refractivity contribution in [1.29, 1.82) is 0 Å². The van der Waals surface area contributed by atoms with Crippen molar-refractivity contribution in [1.82, 2.24) is 0 Å². The van der Waals surface area contributed by atoms with E-state index in [-0.39, 0.29) is 0 Å². The number of allylic oxidation sites excluding steroid dienone is 4. The van der Waals surface area contributed by atoms with Crippen LogP contribution in [0.2, 0.25) is 32.7 Å². The molecule has 0 N–H and O–H groups in total. The minimum Gasteiger partial charge on any atom is -0.489 e. The summed E-state index contributed by atoms with van der Waals surface area (Å²) in [6.45, 7) is 21.7. The first kappa shape index (κ1) is 26.9. The first-order chi connectivity index (χ1) is 15.2. The van der Waals surface area contributed by atoms with Crippen LogP contribution in [0.3, 0.4) is 0 Å². The Morgan fingerprint density at radius 2 is 1.59 bits per heavy atom. The summed E-state index contributed by atoms with van der Waals surface area (Å²) in [6.07, 6.45) is 17.8. The molecule has 1 aliphatic rings. The van der Waals surface area contributed by atoms with Crippen molar-refractivity contribution in [3.63, 3.8) is 0 Å².